The standard InChI is InChI=1S/C20H17Cl2N3O4/c21-14-7-13(8-15(22)10-14)20(28)25-5-3-24(4-6-25)19(27)12-1-2-17-16(9-12)23-18(26)11-29-17/h1-2,7-10H,3-6,11H2,(H,23,26). The highest BCUT2D eigenvalue weighted by molar-refractivity contribution is 6.35. The van der Waals surface area contributed by atoms with Crippen LogP contribution >= 0.6 is 23.2 Å². The Morgan fingerprint density at radius 2 is 1.45 bits per heavy atom. The van der Waals surface area contributed by atoms with Gasteiger partial charge in [-0.15, -0.1) is 0 Å². The molecule has 2 aliphatic rings. The number of carbonyl (C=O) groups is 3. The van der Waals surface area contributed by atoms with Gasteiger partial charge in [-0.3, -0.25) is 14.4 Å². The lowest BCUT2D eigenvalue weighted by Crippen LogP contribution is -2.50. The number of nitrogens with zero attached hydrogens (tertiary/aromatic N) is 2. The molecule has 2 heterocycles. The Bertz CT molecular complexity index is 983. The van der Waals surface area contributed by atoms with E-state index in [1.54, 1.807) is 46.2 Å². The third-order valence-corrected chi connectivity index (χ3v) is 5.26. The van der Waals surface area contributed by atoms with E-state index in [4.69, 9.17) is 27.9 Å². The highest BCUT2D eigenvalue weighted by Crippen LogP contribution is 2.29. The summed E-state index contributed by atoms with van der Waals surface area (Å²) in [4.78, 5) is 40.4. The number of hydrogen-bond acceptors (Lipinski definition) is 4. The van der Waals surface area contributed by atoms with E-state index in [-0.39, 0.29) is 24.3 Å². The van der Waals surface area contributed by atoms with Crippen LogP contribution in [-0.2, 0) is 4.79 Å². The van der Waals surface area contributed by atoms with E-state index in [1.165, 1.54) is 0 Å². The van der Waals surface area contributed by atoms with Crippen LogP contribution in [0.4, 0.5) is 5.69 Å². The van der Waals surface area contributed by atoms with Gasteiger partial charge < -0.3 is 19.9 Å². The number of ether oxygens (including phenoxy) is 1. The normalized spacial score (nSPS) is 16.0. The number of amides is 3. The van der Waals surface area contributed by atoms with E-state index in [2.05, 4.69) is 5.32 Å². The molecular weight excluding hydrogens is 417 g/mol. The molecule has 29 heavy (non-hydrogen) atoms. The molecular formula is C20H17Cl2N3O4. The molecule has 2 aromatic rings. The van der Waals surface area contributed by atoms with E-state index in [1.807, 2.05) is 0 Å². The van der Waals surface area contributed by atoms with Crippen LogP contribution in [0.5, 0.6) is 5.75 Å². The van der Waals surface area contributed by atoms with Gasteiger partial charge in [0, 0.05) is 47.4 Å². The predicted octanol–water partition coefficient (Wildman–Crippen LogP) is 2.92. The van der Waals surface area contributed by atoms with Crippen molar-refractivity contribution in [3.63, 3.8) is 0 Å². The molecule has 3 amide bonds. The average Bonchev–Trinajstić information content (AvgIpc) is 2.71. The Labute approximate surface area is 177 Å². The second-order valence-electron chi connectivity index (χ2n) is 6.79. The molecule has 1 saturated heterocycles. The lowest BCUT2D eigenvalue weighted by atomic mass is 10.1. The summed E-state index contributed by atoms with van der Waals surface area (Å²) in [5.74, 6) is -0.0484. The smallest absolute Gasteiger partial charge is 0.262 e. The Morgan fingerprint density at radius 1 is 0.862 bits per heavy atom. The van der Waals surface area contributed by atoms with E-state index in [9.17, 15) is 14.4 Å². The molecule has 4 rings (SSSR count). The zero-order valence-corrected chi connectivity index (χ0v) is 16.8. The van der Waals surface area contributed by atoms with Gasteiger partial charge in [-0.05, 0) is 36.4 Å². The minimum atomic E-state index is -0.254. The van der Waals surface area contributed by atoms with Crippen molar-refractivity contribution >= 4 is 46.6 Å². The van der Waals surface area contributed by atoms with Crippen LogP contribution in [0.2, 0.25) is 10.0 Å². The van der Waals surface area contributed by atoms with Gasteiger partial charge in [0.2, 0.25) is 0 Å². The molecule has 0 spiro atoms. The van der Waals surface area contributed by atoms with Crippen LogP contribution in [0.15, 0.2) is 36.4 Å². The van der Waals surface area contributed by atoms with E-state index >= 15 is 0 Å². The van der Waals surface area contributed by atoms with Crippen molar-refractivity contribution in [1.82, 2.24) is 9.80 Å². The number of halogens is 2. The van der Waals surface area contributed by atoms with Crippen LogP contribution in [0.1, 0.15) is 20.7 Å². The van der Waals surface area contributed by atoms with Crippen molar-refractivity contribution in [2.45, 2.75) is 0 Å². The number of nitrogens with one attached hydrogen (secondary N) is 1. The zero-order valence-electron chi connectivity index (χ0n) is 15.3. The SMILES string of the molecule is O=C1COc2ccc(C(=O)N3CCN(C(=O)c4cc(Cl)cc(Cl)c4)CC3)cc2N1. The highest BCUT2D eigenvalue weighted by Gasteiger charge is 2.27. The number of piperazine rings is 1. The van der Waals surface area contributed by atoms with E-state index in [0.29, 0.717) is 58.8 Å². The first-order valence-corrected chi connectivity index (χ1v) is 9.77. The van der Waals surface area contributed by atoms with Crippen molar-refractivity contribution in [1.29, 1.82) is 0 Å². The second kappa shape index (κ2) is 7.93. The van der Waals surface area contributed by atoms with Gasteiger partial charge in [0.1, 0.15) is 5.75 Å². The molecule has 0 aliphatic carbocycles. The number of carbonyl (C=O) groups excluding carboxylic acids is 3. The summed E-state index contributed by atoms with van der Waals surface area (Å²) < 4.78 is 5.32. The number of benzene rings is 2. The number of anilines is 1. The Balaban J connectivity index is 1.42. The number of rotatable bonds is 2. The summed E-state index contributed by atoms with van der Waals surface area (Å²) >= 11 is 12.0. The van der Waals surface area contributed by atoms with E-state index < -0.39 is 0 Å². The van der Waals surface area contributed by atoms with Crippen molar-refractivity contribution in [2.24, 2.45) is 0 Å². The Kier molecular flexibility index (Phi) is 5.34. The maximum absolute atomic E-state index is 12.8. The maximum Gasteiger partial charge on any atom is 0.262 e. The monoisotopic (exact) mass is 433 g/mol. The van der Waals surface area contributed by atoms with Gasteiger partial charge in [0.25, 0.3) is 17.7 Å². The first kappa shape index (κ1) is 19.5. The van der Waals surface area contributed by atoms with Gasteiger partial charge in [0.05, 0.1) is 5.69 Å². The van der Waals surface area contributed by atoms with Crippen LogP contribution in [0.3, 0.4) is 0 Å². The fourth-order valence-corrected chi connectivity index (χ4v) is 3.90. The van der Waals surface area contributed by atoms with E-state index in [0.717, 1.165) is 0 Å². The molecule has 2 aliphatic heterocycles. The van der Waals surface area contributed by atoms with Crippen LogP contribution in [-0.4, -0.2) is 60.3 Å². The summed E-state index contributed by atoms with van der Waals surface area (Å²) in [5.41, 5.74) is 1.36. The quantitative estimate of drug-likeness (QED) is 0.789. The molecule has 1 N–H and O–H groups in total. The van der Waals surface area contributed by atoms with Gasteiger partial charge in [-0.25, -0.2) is 0 Å². The molecule has 0 bridgehead atoms. The molecule has 0 saturated carbocycles. The third kappa shape index (κ3) is 4.16. The largest absolute Gasteiger partial charge is 0.482 e. The summed E-state index contributed by atoms with van der Waals surface area (Å²) in [6.45, 7) is 1.57. The summed E-state index contributed by atoms with van der Waals surface area (Å²) in [6.07, 6.45) is 0. The topological polar surface area (TPSA) is 79.0 Å². The van der Waals surface area contributed by atoms with Crippen LogP contribution in [0.25, 0.3) is 0 Å². The molecule has 0 aromatic heterocycles. The molecule has 1 fully saturated rings. The zero-order chi connectivity index (χ0) is 20.5. The fourth-order valence-electron chi connectivity index (χ4n) is 3.37. The fraction of sp³-hybridized carbons (Fsp3) is 0.250. The minimum absolute atomic E-state index is 0.0336. The first-order valence-electron chi connectivity index (χ1n) is 9.02. The Hall–Kier alpha value is -2.77. The van der Waals surface area contributed by atoms with Gasteiger partial charge in [-0.1, -0.05) is 23.2 Å². The number of fused-ring (bicyclic) bond motifs is 1. The van der Waals surface area contributed by atoms with Crippen molar-refractivity contribution < 1.29 is 19.1 Å². The number of hydrogen-bond donors (Lipinski definition) is 1. The Morgan fingerprint density at radius 3 is 2.07 bits per heavy atom. The highest BCUT2D eigenvalue weighted by atomic mass is 35.5. The maximum atomic E-state index is 12.8. The van der Waals surface area contributed by atoms with Crippen molar-refractivity contribution in [2.75, 3.05) is 38.1 Å². The molecule has 7 nitrogen and oxygen atoms in total. The summed E-state index contributed by atoms with van der Waals surface area (Å²) in [7, 11) is 0. The molecule has 150 valence electrons. The summed E-state index contributed by atoms with van der Waals surface area (Å²) in [6, 6.07) is 9.69. The molecule has 0 atom stereocenters. The molecule has 2 aromatic carbocycles. The lowest BCUT2D eigenvalue weighted by molar-refractivity contribution is -0.118. The van der Waals surface area contributed by atoms with Crippen molar-refractivity contribution in [3.8, 4) is 5.75 Å². The molecule has 9 heteroatoms. The molecule has 0 radical (unpaired) electrons. The lowest BCUT2D eigenvalue weighted by Gasteiger charge is -2.35. The second-order valence-corrected chi connectivity index (χ2v) is 7.66. The predicted molar refractivity (Wildman–Crippen MR) is 109 cm³/mol. The summed E-state index contributed by atoms with van der Waals surface area (Å²) in [5, 5.41) is 3.50. The minimum Gasteiger partial charge on any atom is -0.482 e. The third-order valence-electron chi connectivity index (χ3n) is 4.82. The van der Waals surface area contributed by atoms with Gasteiger partial charge in [-0.2, -0.15) is 0 Å². The van der Waals surface area contributed by atoms with Crippen LogP contribution in [0, 0.1) is 0 Å². The first-order chi connectivity index (χ1) is 13.9. The van der Waals surface area contributed by atoms with Crippen LogP contribution < -0.4 is 10.1 Å². The van der Waals surface area contributed by atoms with Gasteiger partial charge in [0.15, 0.2) is 6.61 Å². The molecule has 0 unspecified atom stereocenters. The van der Waals surface area contributed by atoms with Crippen molar-refractivity contribution in [3.05, 3.63) is 57.6 Å². The van der Waals surface area contributed by atoms with Gasteiger partial charge >= 0.3 is 0 Å². The average molecular weight is 434 g/mol.